The van der Waals surface area contributed by atoms with E-state index in [1.807, 2.05) is 41.5 Å². The van der Waals surface area contributed by atoms with Crippen LogP contribution in [0.25, 0.3) is 0 Å². The van der Waals surface area contributed by atoms with Crippen LogP contribution in [0.5, 0.6) is 11.5 Å². The maximum absolute atomic E-state index is 12.3. The molecule has 2 atom stereocenters. The molecule has 0 amide bonds. The second-order valence-corrected chi connectivity index (χ2v) is 11.0. The predicted octanol–water partition coefficient (Wildman–Crippen LogP) is 4.17. The predicted molar refractivity (Wildman–Crippen MR) is 133 cm³/mol. The Morgan fingerprint density at radius 3 is 1.84 bits per heavy atom. The lowest BCUT2D eigenvalue weighted by molar-refractivity contribution is -0.157. The monoisotopic (exact) mass is 525 g/mol. The van der Waals surface area contributed by atoms with Crippen LogP contribution < -0.4 is 15.2 Å². The molecule has 208 valence electrons. The van der Waals surface area contributed by atoms with Gasteiger partial charge in [-0.15, -0.1) is 0 Å². The molecule has 0 fully saturated rings. The molecule has 11 heteroatoms. The van der Waals surface area contributed by atoms with Gasteiger partial charge in [0.25, 0.3) is 0 Å². The van der Waals surface area contributed by atoms with Crippen LogP contribution >= 0.6 is 0 Å². The van der Waals surface area contributed by atoms with Gasteiger partial charge in [0.1, 0.15) is 18.8 Å². The zero-order chi connectivity index (χ0) is 28.4. The van der Waals surface area contributed by atoms with Gasteiger partial charge in [-0.2, -0.15) is 0 Å². The van der Waals surface area contributed by atoms with Crippen molar-refractivity contribution in [2.24, 2.45) is 16.6 Å². The second-order valence-electron chi connectivity index (χ2n) is 11.0. The molecule has 1 aromatic carbocycles. The van der Waals surface area contributed by atoms with E-state index in [0.29, 0.717) is 5.56 Å². The summed E-state index contributed by atoms with van der Waals surface area (Å²) in [7, 11) is 0. The van der Waals surface area contributed by atoms with Crippen molar-refractivity contribution in [3.8, 4) is 11.5 Å². The van der Waals surface area contributed by atoms with E-state index in [2.05, 4.69) is 0 Å². The largest absolute Gasteiger partial charge is 0.513 e. The van der Waals surface area contributed by atoms with Gasteiger partial charge in [0, 0.05) is 6.92 Å². The Morgan fingerprint density at radius 1 is 0.838 bits per heavy atom. The van der Waals surface area contributed by atoms with Gasteiger partial charge in [-0.1, -0.05) is 47.6 Å². The number of carbonyl (C=O) groups excluding carboxylic acids is 4. The SMILES string of the molecule is CC(=O)OC[C@@H](C)OC(=O)[C@@H](N)Cc1ccc(OC(=O)OCC(C)(C)C)c(OC(=O)OCC(C)(C)C)c1. The van der Waals surface area contributed by atoms with Crippen LogP contribution in [0.1, 0.15) is 61.0 Å². The van der Waals surface area contributed by atoms with Gasteiger partial charge in [-0.3, -0.25) is 9.59 Å². The fourth-order valence-corrected chi connectivity index (χ4v) is 2.52. The topological polar surface area (TPSA) is 150 Å². The summed E-state index contributed by atoms with van der Waals surface area (Å²) >= 11 is 0. The summed E-state index contributed by atoms with van der Waals surface area (Å²) in [6.45, 7) is 14.2. The number of esters is 2. The van der Waals surface area contributed by atoms with Crippen molar-refractivity contribution < 1.29 is 47.6 Å². The first kappa shape index (κ1) is 31.7. The van der Waals surface area contributed by atoms with Crippen molar-refractivity contribution in [3.05, 3.63) is 23.8 Å². The van der Waals surface area contributed by atoms with Crippen molar-refractivity contribution >= 4 is 24.2 Å². The van der Waals surface area contributed by atoms with Crippen molar-refractivity contribution in [2.45, 2.75) is 74.0 Å². The Balaban J connectivity index is 2.98. The van der Waals surface area contributed by atoms with E-state index in [1.54, 1.807) is 13.0 Å². The number of rotatable bonds is 10. The zero-order valence-electron chi connectivity index (χ0n) is 22.9. The first-order chi connectivity index (χ1) is 16.9. The molecule has 0 bridgehead atoms. The lowest BCUT2D eigenvalue weighted by Gasteiger charge is -2.19. The van der Waals surface area contributed by atoms with Crippen LogP contribution in [0.15, 0.2) is 18.2 Å². The van der Waals surface area contributed by atoms with Crippen molar-refractivity contribution in [3.63, 3.8) is 0 Å². The van der Waals surface area contributed by atoms with E-state index in [9.17, 15) is 19.2 Å². The maximum Gasteiger partial charge on any atom is 0.513 e. The fourth-order valence-electron chi connectivity index (χ4n) is 2.52. The van der Waals surface area contributed by atoms with Gasteiger partial charge >= 0.3 is 24.2 Å². The third-order valence-electron chi connectivity index (χ3n) is 4.24. The Bertz CT molecular complexity index is 946. The third-order valence-corrected chi connectivity index (χ3v) is 4.24. The van der Waals surface area contributed by atoms with E-state index in [-0.39, 0.29) is 48.6 Å². The van der Waals surface area contributed by atoms with E-state index in [0.717, 1.165) is 0 Å². The highest BCUT2D eigenvalue weighted by Crippen LogP contribution is 2.30. The number of hydrogen-bond acceptors (Lipinski definition) is 11. The summed E-state index contributed by atoms with van der Waals surface area (Å²) in [4.78, 5) is 47.7. The van der Waals surface area contributed by atoms with Crippen molar-refractivity contribution in [1.82, 2.24) is 0 Å². The highest BCUT2D eigenvalue weighted by atomic mass is 16.7. The molecule has 0 spiro atoms. The standard InChI is InChI=1S/C26H39NO10/c1-16(13-32-17(2)28)35-22(29)19(27)11-18-9-10-20(36-23(30)33-14-25(3,4)5)21(12-18)37-24(31)34-15-26(6,7)8/h9-10,12,16,19H,11,13-15,27H2,1-8H3/t16-,19+/m1/s1. The number of hydrogen-bond donors (Lipinski definition) is 1. The Morgan fingerprint density at radius 2 is 1.35 bits per heavy atom. The van der Waals surface area contributed by atoms with E-state index >= 15 is 0 Å². The lowest BCUT2D eigenvalue weighted by atomic mass is 9.99. The maximum atomic E-state index is 12.3. The molecule has 1 aromatic rings. The molecule has 37 heavy (non-hydrogen) atoms. The zero-order valence-corrected chi connectivity index (χ0v) is 22.9. The third kappa shape index (κ3) is 14.1. The second kappa shape index (κ2) is 13.8. The van der Waals surface area contributed by atoms with Crippen LogP contribution in [-0.2, 0) is 35.0 Å². The average molecular weight is 526 g/mol. The van der Waals surface area contributed by atoms with Crippen LogP contribution in [0.3, 0.4) is 0 Å². The van der Waals surface area contributed by atoms with Gasteiger partial charge in [-0.05, 0) is 41.9 Å². The summed E-state index contributed by atoms with van der Waals surface area (Å²) in [5, 5.41) is 0. The van der Waals surface area contributed by atoms with Crippen LogP contribution in [0.4, 0.5) is 9.59 Å². The van der Waals surface area contributed by atoms with Gasteiger partial charge in [0.15, 0.2) is 11.5 Å². The number of nitrogens with two attached hydrogens (primary N) is 1. The quantitative estimate of drug-likeness (QED) is 0.266. The molecule has 0 unspecified atom stereocenters. The average Bonchev–Trinajstić information content (AvgIpc) is 2.75. The van der Waals surface area contributed by atoms with E-state index in [4.69, 9.17) is 34.2 Å². The lowest BCUT2D eigenvalue weighted by Crippen LogP contribution is -2.37. The summed E-state index contributed by atoms with van der Waals surface area (Å²) in [5.41, 5.74) is 5.90. The summed E-state index contributed by atoms with van der Waals surface area (Å²) < 4.78 is 30.8. The molecule has 0 aliphatic rings. The minimum atomic E-state index is -1.07. The molecule has 0 aromatic heterocycles. The molecule has 0 aliphatic heterocycles. The first-order valence-electron chi connectivity index (χ1n) is 11.9. The minimum absolute atomic E-state index is 0.0151. The number of carbonyl (C=O) groups is 4. The molecule has 0 saturated heterocycles. The minimum Gasteiger partial charge on any atom is -0.462 e. The van der Waals surface area contributed by atoms with E-state index < -0.39 is 36.4 Å². The number of ether oxygens (including phenoxy) is 6. The molecule has 2 N–H and O–H groups in total. The molecule has 11 nitrogen and oxygen atoms in total. The molecule has 0 aliphatic carbocycles. The summed E-state index contributed by atoms with van der Waals surface area (Å²) in [6.07, 6.45) is -2.64. The first-order valence-corrected chi connectivity index (χ1v) is 11.9. The van der Waals surface area contributed by atoms with Crippen molar-refractivity contribution in [1.29, 1.82) is 0 Å². The molecule has 0 radical (unpaired) electrons. The van der Waals surface area contributed by atoms with Crippen LogP contribution in [0.2, 0.25) is 0 Å². The Labute approximate surface area is 217 Å². The fraction of sp³-hybridized carbons (Fsp3) is 0.615. The molecular weight excluding hydrogens is 486 g/mol. The summed E-state index contributed by atoms with van der Waals surface area (Å²) in [6, 6.07) is 3.28. The Hall–Kier alpha value is -3.34. The van der Waals surface area contributed by atoms with Crippen LogP contribution in [-0.4, -0.2) is 56.2 Å². The summed E-state index contributed by atoms with van der Waals surface area (Å²) in [5.74, 6) is -1.41. The molecule has 0 heterocycles. The highest BCUT2D eigenvalue weighted by Gasteiger charge is 2.23. The molecule has 1 rings (SSSR count). The number of benzene rings is 1. The van der Waals surface area contributed by atoms with Crippen LogP contribution in [0, 0.1) is 10.8 Å². The highest BCUT2D eigenvalue weighted by molar-refractivity contribution is 5.76. The molecule has 0 saturated carbocycles. The van der Waals surface area contributed by atoms with Crippen molar-refractivity contribution in [2.75, 3.05) is 19.8 Å². The van der Waals surface area contributed by atoms with E-state index in [1.165, 1.54) is 19.1 Å². The van der Waals surface area contributed by atoms with Gasteiger partial charge in [0.05, 0.1) is 13.2 Å². The Kier molecular flexibility index (Phi) is 11.8. The smallest absolute Gasteiger partial charge is 0.462 e. The van der Waals surface area contributed by atoms with Gasteiger partial charge in [0.2, 0.25) is 0 Å². The van der Waals surface area contributed by atoms with Gasteiger partial charge in [-0.25, -0.2) is 9.59 Å². The normalized spacial score (nSPS) is 13.1. The molecular formula is C26H39NO10. The van der Waals surface area contributed by atoms with Gasteiger partial charge < -0.3 is 34.2 Å².